The number of Topliss-reactive ketones (excluding diaryl/α,β-unsaturated/α-hetero) is 1. The van der Waals surface area contributed by atoms with Gasteiger partial charge in [-0.3, -0.25) is 4.79 Å². The van der Waals surface area contributed by atoms with E-state index < -0.39 is 5.60 Å². The third-order valence-electron chi connectivity index (χ3n) is 3.22. The Kier molecular flexibility index (Phi) is 3.84. The Morgan fingerprint density at radius 1 is 1.30 bits per heavy atom. The second-order valence-electron chi connectivity index (χ2n) is 6.25. The van der Waals surface area contributed by atoms with Crippen LogP contribution in [0.25, 0.3) is 0 Å². The molecule has 108 valence electrons. The van der Waals surface area contributed by atoms with Crippen molar-refractivity contribution in [2.75, 3.05) is 7.05 Å². The first kappa shape index (κ1) is 14.6. The summed E-state index contributed by atoms with van der Waals surface area (Å²) in [6.07, 6.45) is 1.06. The topological polar surface area (TPSA) is 46.6 Å². The van der Waals surface area contributed by atoms with Gasteiger partial charge in [-0.2, -0.15) is 0 Å². The monoisotopic (exact) mass is 275 g/mol. The van der Waals surface area contributed by atoms with Crippen LogP contribution in [0.15, 0.2) is 18.2 Å². The molecule has 0 atom stereocenters. The van der Waals surface area contributed by atoms with Gasteiger partial charge < -0.3 is 9.64 Å². The molecule has 4 nitrogen and oxygen atoms in total. The molecular weight excluding hydrogens is 254 g/mol. The fourth-order valence-corrected chi connectivity index (χ4v) is 2.29. The number of rotatable bonds is 2. The van der Waals surface area contributed by atoms with Gasteiger partial charge in [-0.05, 0) is 38.3 Å². The Hall–Kier alpha value is -1.84. The zero-order valence-electron chi connectivity index (χ0n) is 12.5. The van der Waals surface area contributed by atoms with Crippen molar-refractivity contribution in [1.29, 1.82) is 0 Å². The highest BCUT2D eigenvalue weighted by atomic mass is 16.6. The molecule has 1 aliphatic rings. The Morgan fingerprint density at radius 3 is 2.65 bits per heavy atom. The minimum atomic E-state index is -0.490. The van der Waals surface area contributed by atoms with Crippen molar-refractivity contribution >= 4 is 11.9 Å². The summed E-state index contributed by atoms with van der Waals surface area (Å²) in [7, 11) is 1.71. The van der Waals surface area contributed by atoms with E-state index >= 15 is 0 Å². The van der Waals surface area contributed by atoms with Gasteiger partial charge in [-0.15, -0.1) is 0 Å². The quantitative estimate of drug-likeness (QED) is 0.832. The van der Waals surface area contributed by atoms with Gasteiger partial charge in [0.15, 0.2) is 5.78 Å². The SMILES string of the molecule is CN(Cc1ccc2c(c1)CCC2=O)C(=O)OC(C)(C)C. The van der Waals surface area contributed by atoms with Crippen LogP contribution in [0.4, 0.5) is 4.79 Å². The summed E-state index contributed by atoms with van der Waals surface area (Å²) in [4.78, 5) is 25.0. The first-order valence-electron chi connectivity index (χ1n) is 6.85. The highest BCUT2D eigenvalue weighted by molar-refractivity contribution is 6.00. The molecule has 4 heteroatoms. The number of ketones is 1. The summed E-state index contributed by atoms with van der Waals surface area (Å²) in [6, 6.07) is 5.78. The predicted octanol–water partition coefficient (Wildman–Crippen LogP) is 3.18. The average molecular weight is 275 g/mol. The van der Waals surface area contributed by atoms with E-state index in [1.54, 1.807) is 11.9 Å². The molecule has 0 unspecified atom stereocenters. The largest absolute Gasteiger partial charge is 0.444 e. The molecule has 1 aliphatic carbocycles. The third-order valence-corrected chi connectivity index (χ3v) is 3.22. The Bertz CT molecular complexity index is 543. The first-order chi connectivity index (χ1) is 9.26. The lowest BCUT2D eigenvalue weighted by Crippen LogP contribution is -2.33. The highest BCUT2D eigenvalue weighted by Gasteiger charge is 2.22. The summed E-state index contributed by atoms with van der Waals surface area (Å²) in [5.74, 6) is 0.215. The zero-order valence-corrected chi connectivity index (χ0v) is 12.5. The maximum atomic E-state index is 11.9. The lowest BCUT2D eigenvalue weighted by molar-refractivity contribution is 0.0285. The number of amides is 1. The van der Waals surface area contributed by atoms with Gasteiger partial charge in [0.25, 0.3) is 0 Å². The molecule has 0 fully saturated rings. The molecule has 0 saturated heterocycles. The van der Waals surface area contributed by atoms with Crippen LogP contribution in [0.5, 0.6) is 0 Å². The number of fused-ring (bicyclic) bond motifs is 1. The van der Waals surface area contributed by atoms with Crippen molar-refractivity contribution < 1.29 is 14.3 Å². The van der Waals surface area contributed by atoms with Crippen LogP contribution < -0.4 is 0 Å². The average Bonchev–Trinajstić information content (AvgIpc) is 2.68. The number of carbonyl (C=O) groups excluding carboxylic acids is 2. The van der Waals surface area contributed by atoms with Crippen LogP contribution in [0.2, 0.25) is 0 Å². The summed E-state index contributed by atoms with van der Waals surface area (Å²) < 4.78 is 5.31. The highest BCUT2D eigenvalue weighted by Crippen LogP contribution is 2.23. The molecule has 1 aromatic rings. The van der Waals surface area contributed by atoms with E-state index in [-0.39, 0.29) is 11.9 Å². The summed E-state index contributed by atoms with van der Waals surface area (Å²) in [5, 5.41) is 0. The van der Waals surface area contributed by atoms with Crippen LogP contribution in [0.3, 0.4) is 0 Å². The van der Waals surface area contributed by atoms with Crippen molar-refractivity contribution in [1.82, 2.24) is 4.90 Å². The summed E-state index contributed by atoms with van der Waals surface area (Å²) >= 11 is 0. The molecule has 0 aliphatic heterocycles. The van der Waals surface area contributed by atoms with Crippen LogP contribution in [0.1, 0.15) is 48.7 Å². The van der Waals surface area contributed by atoms with Gasteiger partial charge in [0.1, 0.15) is 5.60 Å². The number of hydrogen-bond acceptors (Lipinski definition) is 3. The van der Waals surface area contributed by atoms with E-state index in [4.69, 9.17) is 4.74 Å². The van der Waals surface area contributed by atoms with Crippen molar-refractivity contribution in [3.8, 4) is 0 Å². The normalized spacial score (nSPS) is 14.1. The molecule has 1 aromatic carbocycles. The van der Waals surface area contributed by atoms with Crippen molar-refractivity contribution in [2.45, 2.75) is 45.8 Å². The Balaban J connectivity index is 2.04. The van der Waals surface area contributed by atoms with Crippen LogP contribution in [-0.2, 0) is 17.7 Å². The molecule has 1 amide bonds. The molecule has 0 radical (unpaired) electrons. The smallest absolute Gasteiger partial charge is 0.410 e. The number of hydrogen-bond donors (Lipinski definition) is 0. The zero-order chi connectivity index (χ0) is 14.9. The molecule has 0 N–H and O–H groups in total. The van der Waals surface area contributed by atoms with Crippen LogP contribution in [-0.4, -0.2) is 29.4 Å². The molecule has 0 aromatic heterocycles. The van der Waals surface area contributed by atoms with E-state index in [9.17, 15) is 9.59 Å². The molecule has 0 saturated carbocycles. The van der Waals surface area contributed by atoms with Gasteiger partial charge in [0.2, 0.25) is 0 Å². The third kappa shape index (κ3) is 3.38. The van der Waals surface area contributed by atoms with E-state index in [2.05, 4.69) is 0 Å². The van der Waals surface area contributed by atoms with Gasteiger partial charge in [-0.1, -0.05) is 18.2 Å². The molecular formula is C16H21NO3. The predicted molar refractivity (Wildman–Crippen MR) is 76.8 cm³/mol. The lowest BCUT2D eigenvalue weighted by Gasteiger charge is -2.24. The maximum absolute atomic E-state index is 11.9. The summed E-state index contributed by atoms with van der Waals surface area (Å²) in [5.41, 5.74) is 2.45. The minimum absolute atomic E-state index is 0.215. The van der Waals surface area contributed by atoms with Crippen LogP contribution >= 0.6 is 0 Å². The second kappa shape index (κ2) is 5.27. The standard InChI is InChI=1S/C16H21NO3/c1-16(2,3)20-15(19)17(4)10-11-5-7-13-12(9-11)6-8-14(13)18/h5,7,9H,6,8,10H2,1-4H3. The first-order valence-corrected chi connectivity index (χ1v) is 6.85. The van der Waals surface area contributed by atoms with E-state index in [0.29, 0.717) is 13.0 Å². The number of aryl methyl sites for hydroxylation is 1. The fourth-order valence-electron chi connectivity index (χ4n) is 2.29. The number of benzene rings is 1. The van der Waals surface area contributed by atoms with Crippen molar-refractivity contribution in [3.63, 3.8) is 0 Å². The lowest BCUT2D eigenvalue weighted by atomic mass is 10.1. The Labute approximate surface area is 119 Å². The number of carbonyl (C=O) groups is 2. The fraction of sp³-hybridized carbons (Fsp3) is 0.500. The van der Waals surface area contributed by atoms with Gasteiger partial charge in [-0.25, -0.2) is 4.79 Å². The van der Waals surface area contributed by atoms with Gasteiger partial charge in [0.05, 0.1) is 0 Å². The minimum Gasteiger partial charge on any atom is -0.444 e. The van der Waals surface area contributed by atoms with Crippen LogP contribution in [0, 0.1) is 0 Å². The maximum Gasteiger partial charge on any atom is 0.410 e. The van der Waals surface area contributed by atoms with Crippen molar-refractivity contribution in [3.05, 3.63) is 34.9 Å². The molecule has 2 rings (SSSR count). The van der Waals surface area contributed by atoms with Gasteiger partial charge >= 0.3 is 6.09 Å². The number of nitrogens with zero attached hydrogens (tertiary/aromatic N) is 1. The molecule has 20 heavy (non-hydrogen) atoms. The molecule has 0 bridgehead atoms. The summed E-state index contributed by atoms with van der Waals surface area (Å²) in [6.45, 7) is 6.02. The van der Waals surface area contributed by atoms with E-state index in [0.717, 1.165) is 23.1 Å². The van der Waals surface area contributed by atoms with Crippen molar-refractivity contribution in [2.24, 2.45) is 0 Å². The van der Waals surface area contributed by atoms with Gasteiger partial charge in [0, 0.05) is 25.6 Å². The second-order valence-corrected chi connectivity index (χ2v) is 6.25. The van der Waals surface area contributed by atoms with E-state index in [1.165, 1.54) is 0 Å². The molecule has 0 heterocycles. The molecule has 0 spiro atoms. The van der Waals surface area contributed by atoms with E-state index in [1.807, 2.05) is 39.0 Å². The Morgan fingerprint density at radius 2 is 2.00 bits per heavy atom. The number of ether oxygens (including phenoxy) is 1.